The SMILES string of the molecule is c1ccc(OCCSc2nnc(Nc3ccc(Oc4ccccc4)cc3)s2)cc1. The first kappa shape index (κ1) is 19.3. The molecule has 0 radical (unpaired) electrons. The molecule has 0 atom stereocenters. The van der Waals surface area contributed by atoms with Crippen molar-refractivity contribution in [3.05, 3.63) is 84.9 Å². The van der Waals surface area contributed by atoms with Gasteiger partial charge in [-0.25, -0.2) is 0 Å². The lowest BCUT2D eigenvalue weighted by Crippen LogP contribution is -1.99. The third-order valence-electron chi connectivity index (χ3n) is 3.81. The molecule has 146 valence electrons. The maximum atomic E-state index is 5.81. The zero-order chi connectivity index (χ0) is 19.7. The average molecular weight is 422 g/mol. The number of ether oxygens (including phenoxy) is 2. The van der Waals surface area contributed by atoms with Gasteiger partial charge in [-0.2, -0.15) is 0 Å². The Bertz CT molecular complexity index is 1010. The molecule has 0 aliphatic carbocycles. The molecular weight excluding hydrogens is 402 g/mol. The lowest BCUT2D eigenvalue weighted by atomic mass is 10.3. The van der Waals surface area contributed by atoms with Crippen LogP contribution in [0.5, 0.6) is 17.2 Å². The van der Waals surface area contributed by atoms with E-state index in [0.717, 1.165) is 38.2 Å². The summed E-state index contributed by atoms with van der Waals surface area (Å²) in [5.41, 5.74) is 0.936. The highest BCUT2D eigenvalue weighted by Gasteiger charge is 2.06. The Morgan fingerprint density at radius 2 is 1.41 bits per heavy atom. The van der Waals surface area contributed by atoms with Crippen LogP contribution in [0.3, 0.4) is 0 Å². The molecule has 0 bridgehead atoms. The highest BCUT2D eigenvalue weighted by Crippen LogP contribution is 2.29. The van der Waals surface area contributed by atoms with E-state index >= 15 is 0 Å². The monoisotopic (exact) mass is 421 g/mol. The fourth-order valence-electron chi connectivity index (χ4n) is 2.48. The van der Waals surface area contributed by atoms with Crippen LogP contribution in [0.2, 0.25) is 0 Å². The van der Waals surface area contributed by atoms with E-state index in [1.54, 1.807) is 11.8 Å². The van der Waals surface area contributed by atoms with Gasteiger partial charge in [0.05, 0.1) is 6.61 Å². The van der Waals surface area contributed by atoms with Crippen LogP contribution < -0.4 is 14.8 Å². The Balaban J connectivity index is 1.24. The van der Waals surface area contributed by atoms with Crippen molar-refractivity contribution in [3.63, 3.8) is 0 Å². The van der Waals surface area contributed by atoms with Crippen molar-refractivity contribution >= 4 is 33.9 Å². The number of anilines is 2. The molecule has 3 aromatic carbocycles. The minimum atomic E-state index is 0.625. The van der Waals surface area contributed by atoms with Crippen molar-refractivity contribution in [3.8, 4) is 17.2 Å². The van der Waals surface area contributed by atoms with Gasteiger partial charge in [0.15, 0.2) is 4.34 Å². The number of hydrogen-bond donors (Lipinski definition) is 1. The van der Waals surface area contributed by atoms with E-state index in [9.17, 15) is 0 Å². The second kappa shape index (κ2) is 9.95. The lowest BCUT2D eigenvalue weighted by Gasteiger charge is -2.07. The van der Waals surface area contributed by atoms with Gasteiger partial charge in [-0.15, -0.1) is 10.2 Å². The Kier molecular flexibility index (Phi) is 6.62. The molecule has 0 aliphatic heterocycles. The molecule has 4 rings (SSSR count). The first-order chi connectivity index (χ1) is 14.3. The summed E-state index contributed by atoms with van der Waals surface area (Å²) in [5, 5.41) is 12.5. The molecule has 1 aromatic heterocycles. The summed E-state index contributed by atoms with van der Waals surface area (Å²) in [6.45, 7) is 0.625. The Morgan fingerprint density at radius 3 is 2.14 bits per heavy atom. The van der Waals surface area contributed by atoms with Gasteiger partial charge in [0.1, 0.15) is 17.2 Å². The van der Waals surface area contributed by atoms with Crippen molar-refractivity contribution in [2.45, 2.75) is 4.34 Å². The van der Waals surface area contributed by atoms with Crippen LogP contribution in [-0.2, 0) is 0 Å². The number of thioether (sulfide) groups is 1. The Labute approximate surface area is 177 Å². The second-order valence-corrected chi connectivity index (χ2v) is 8.27. The third kappa shape index (κ3) is 5.97. The van der Waals surface area contributed by atoms with Gasteiger partial charge in [-0.05, 0) is 48.5 Å². The first-order valence-electron chi connectivity index (χ1n) is 9.09. The predicted octanol–water partition coefficient (Wildman–Crippen LogP) is 6.25. The fraction of sp³-hybridized carbons (Fsp3) is 0.0909. The van der Waals surface area contributed by atoms with E-state index in [4.69, 9.17) is 9.47 Å². The van der Waals surface area contributed by atoms with Crippen molar-refractivity contribution in [2.24, 2.45) is 0 Å². The summed E-state index contributed by atoms with van der Waals surface area (Å²) in [4.78, 5) is 0. The smallest absolute Gasteiger partial charge is 0.210 e. The first-order valence-corrected chi connectivity index (χ1v) is 10.9. The van der Waals surface area contributed by atoms with E-state index in [2.05, 4.69) is 15.5 Å². The molecule has 0 spiro atoms. The zero-order valence-corrected chi connectivity index (χ0v) is 17.2. The van der Waals surface area contributed by atoms with Gasteiger partial charge in [-0.1, -0.05) is 59.5 Å². The molecular formula is C22H19N3O2S2. The number of rotatable bonds is 9. The van der Waals surface area contributed by atoms with Crippen LogP contribution in [0.1, 0.15) is 0 Å². The molecule has 5 nitrogen and oxygen atoms in total. The summed E-state index contributed by atoms with van der Waals surface area (Å²) in [5.74, 6) is 3.30. The molecule has 0 saturated carbocycles. The number of benzene rings is 3. The quantitative estimate of drug-likeness (QED) is 0.255. The normalized spacial score (nSPS) is 10.5. The van der Waals surface area contributed by atoms with Crippen molar-refractivity contribution in [2.75, 3.05) is 17.7 Å². The van der Waals surface area contributed by atoms with Crippen LogP contribution >= 0.6 is 23.1 Å². The summed E-state index contributed by atoms with van der Waals surface area (Å²) >= 11 is 3.16. The molecule has 7 heteroatoms. The number of para-hydroxylation sites is 2. The second-order valence-electron chi connectivity index (χ2n) is 5.95. The highest BCUT2D eigenvalue weighted by molar-refractivity contribution is 8.01. The van der Waals surface area contributed by atoms with Crippen LogP contribution in [-0.4, -0.2) is 22.6 Å². The van der Waals surface area contributed by atoms with E-state index in [0.29, 0.717) is 6.61 Å². The van der Waals surface area contributed by atoms with E-state index in [-0.39, 0.29) is 0 Å². The molecule has 1 N–H and O–H groups in total. The average Bonchev–Trinajstić information content (AvgIpc) is 3.21. The molecule has 29 heavy (non-hydrogen) atoms. The van der Waals surface area contributed by atoms with Crippen LogP contribution in [0.4, 0.5) is 10.8 Å². The molecule has 0 fully saturated rings. The Hall–Kier alpha value is -3.03. The summed E-state index contributed by atoms with van der Waals surface area (Å²) in [6.07, 6.45) is 0. The predicted molar refractivity (Wildman–Crippen MR) is 119 cm³/mol. The lowest BCUT2D eigenvalue weighted by molar-refractivity contribution is 0.344. The van der Waals surface area contributed by atoms with E-state index in [1.807, 2.05) is 84.9 Å². The molecule has 0 aliphatic rings. The van der Waals surface area contributed by atoms with Crippen LogP contribution in [0, 0.1) is 0 Å². The van der Waals surface area contributed by atoms with Gasteiger partial charge in [0.2, 0.25) is 5.13 Å². The van der Waals surface area contributed by atoms with Gasteiger partial charge in [0, 0.05) is 11.4 Å². The minimum absolute atomic E-state index is 0.625. The third-order valence-corrected chi connectivity index (χ3v) is 5.75. The maximum Gasteiger partial charge on any atom is 0.210 e. The van der Waals surface area contributed by atoms with Gasteiger partial charge in [0.25, 0.3) is 0 Å². The van der Waals surface area contributed by atoms with Crippen LogP contribution in [0.25, 0.3) is 0 Å². The fourth-order valence-corrected chi connectivity index (χ4v) is 4.14. The molecule has 4 aromatic rings. The highest BCUT2D eigenvalue weighted by atomic mass is 32.2. The molecule has 0 amide bonds. The largest absolute Gasteiger partial charge is 0.493 e. The summed E-state index contributed by atoms with van der Waals surface area (Å²) in [7, 11) is 0. The van der Waals surface area contributed by atoms with Crippen molar-refractivity contribution in [1.82, 2.24) is 10.2 Å². The number of nitrogens with one attached hydrogen (secondary N) is 1. The summed E-state index contributed by atoms with van der Waals surface area (Å²) < 4.78 is 12.4. The molecule has 1 heterocycles. The molecule has 0 saturated heterocycles. The zero-order valence-electron chi connectivity index (χ0n) is 15.5. The maximum absolute atomic E-state index is 5.81. The van der Waals surface area contributed by atoms with Gasteiger partial charge < -0.3 is 14.8 Å². The van der Waals surface area contributed by atoms with Gasteiger partial charge >= 0.3 is 0 Å². The van der Waals surface area contributed by atoms with E-state index < -0.39 is 0 Å². The minimum Gasteiger partial charge on any atom is -0.493 e. The number of hydrogen-bond acceptors (Lipinski definition) is 7. The Morgan fingerprint density at radius 1 is 0.759 bits per heavy atom. The topological polar surface area (TPSA) is 56.3 Å². The van der Waals surface area contributed by atoms with Crippen LogP contribution in [0.15, 0.2) is 89.3 Å². The summed E-state index contributed by atoms with van der Waals surface area (Å²) in [6, 6.07) is 27.3. The van der Waals surface area contributed by atoms with E-state index in [1.165, 1.54) is 11.3 Å². The number of nitrogens with zero attached hydrogens (tertiary/aromatic N) is 2. The van der Waals surface area contributed by atoms with Crippen molar-refractivity contribution in [1.29, 1.82) is 0 Å². The van der Waals surface area contributed by atoms with Crippen molar-refractivity contribution < 1.29 is 9.47 Å². The standard InChI is InChI=1S/C22H19N3O2S2/c1-3-7-18(8-4-1)26-15-16-28-22-25-24-21(29-22)23-17-11-13-20(14-12-17)27-19-9-5-2-6-10-19/h1-14H,15-16H2,(H,23,24). The van der Waals surface area contributed by atoms with Gasteiger partial charge in [-0.3, -0.25) is 0 Å². The molecule has 0 unspecified atom stereocenters. The number of aromatic nitrogens is 2.